The molecule has 1 unspecified atom stereocenters. The van der Waals surface area contributed by atoms with E-state index in [-0.39, 0.29) is 42.3 Å². The van der Waals surface area contributed by atoms with E-state index in [1.807, 2.05) is 19.1 Å². The number of aromatic nitrogens is 2. The zero-order valence-electron chi connectivity index (χ0n) is 16.0. The minimum Gasteiger partial charge on any atom is -0.477 e. The Morgan fingerprint density at radius 3 is 2.50 bits per heavy atom. The first-order chi connectivity index (χ1) is 13.1. The van der Waals surface area contributed by atoms with Crippen LogP contribution in [0, 0.1) is 26.2 Å². The van der Waals surface area contributed by atoms with Crippen LogP contribution < -0.4 is 9.46 Å². The van der Waals surface area contributed by atoms with Gasteiger partial charge >= 0.3 is 0 Å². The average Bonchev–Trinajstić information content (AvgIpc) is 3.11. The Balaban J connectivity index is 1.77. The fraction of sp³-hybridized carbons (Fsp3) is 0.556. The molecule has 0 spiro atoms. The molecule has 2 heterocycles. The number of sulfonamides is 1. The highest BCUT2D eigenvalue weighted by Gasteiger charge is 2.45. The van der Waals surface area contributed by atoms with Gasteiger partial charge in [-0.3, -0.25) is 0 Å². The van der Waals surface area contributed by atoms with E-state index in [1.165, 1.54) is 6.92 Å². The zero-order chi connectivity index (χ0) is 20.5. The van der Waals surface area contributed by atoms with Gasteiger partial charge < -0.3 is 19.5 Å². The number of pyridine rings is 1. The summed E-state index contributed by atoms with van der Waals surface area (Å²) in [5, 5.41) is 23.8. The fourth-order valence-electron chi connectivity index (χ4n) is 3.56. The van der Waals surface area contributed by atoms with Gasteiger partial charge in [0.05, 0.1) is 18.8 Å². The van der Waals surface area contributed by atoms with Gasteiger partial charge in [-0.05, 0) is 39.7 Å². The highest BCUT2D eigenvalue weighted by molar-refractivity contribution is 7.89. The Bertz CT molecular complexity index is 913. The molecule has 28 heavy (non-hydrogen) atoms. The summed E-state index contributed by atoms with van der Waals surface area (Å²) in [7, 11) is -3.87. The van der Waals surface area contributed by atoms with Gasteiger partial charge in [0.1, 0.15) is 10.6 Å². The first-order valence-electron chi connectivity index (χ1n) is 8.97. The molecule has 1 aliphatic rings. The van der Waals surface area contributed by atoms with E-state index in [1.54, 1.807) is 13.0 Å². The van der Waals surface area contributed by atoms with Crippen molar-refractivity contribution in [2.75, 3.05) is 13.2 Å². The molecule has 1 fully saturated rings. The maximum absolute atomic E-state index is 12.7. The van der Waals surface area contributed by atoms with Crippen molar-refractivity contribution in [3.05, 3.63) is 35.3 Å². The van der Waals surface area contributed by atoms with Crippen LogP contribution in [0.3, 0.4) is 0 Å². The SMILES string of the molecule is Cc1cccc(OCC2(CNS(=O)(=O)c3c(C)noc3C)C[C@@H](O)[C@@H](O)C2)n1. The van der Waals surface area contributed by atoms with E-state index in [0.29, 0.717) is 5.88 Å². The van der Waals surface area contributed by atoms with Crippen LogP contribution in [0.25, 0.3) is 0 Å². The van der Waals surface area contributed by atoms with Crippen molar-refractivity contribution in [1.29, 1.82) is 0 Å². The molecule has 0 saturated heterocycles. The lowest BCUT2D eigenvalue weighted by Gasteiger charge is -2.29. The van der Waals surface area contributed by atoms with Gasteiger partial charge in [0.2, 0.25) is 15.9 Å². The van der Waals surface area contributed by atoms with Gasteiger partial charge in [-0.2, -0.15) is 0 Å². The number of nitrogens with zero attached hydrogens (tertiary/aromatic N) is 2. The summed E-state index contributed by atoms with van der Waals surface area (Å²) in [5.74, 6) is 0.606. The van der Waals surface area contributed by atoms with E-state index in [9.17, 15) is 18.6 Å². The average molecular weight is 411 g/mol. The maximum Gasteiger partial charge on any atom is 0.245 e. The third-order valence-corrected chi connectivity index (χ3v) is 6.64. The Kier molecular flexibility index (Phi) is 5.76. The first-order valence-corrected chi connectivity index (χ1v) is 10.5. The maximum atomic E-state index is 12.7. The minimum absolute atomic E-state index is 0.00279. The predicted molar refractivity (Wildman–Crippen MR) is 99.3 cm³/mol. The molecule has 0 radical (unpaired) electrons. The molecule has 0 aliphatic heterocycles. The van der Waals surface area contributed by atoms with Crippen molar-refractivity contribution in [3.63, 3.8) is 0 Å². The van der Waals surface area contributed by atoms with E-state index < -0.39 is 27.6 Å². The first kappa shape index (κ1) is 20.7. The van der Waals surface area contributed by atoms with Crippen LogP contribution in [0.5, 0.6) is 5.88 Å². The van der Waals surface area contributed by atoms with Crippen LogP contribution in [-0.4, -0.2) is 54.1 Å². The molecule has 3 atom stereocenters. The predicted octanol–water partition coefficient (Wildman–Crippen LogP) is 0.854. The van der Waals surface area contributed by atoms with Crippen LogP contribution in [0.1, 0.15) is 30.0 Å². The Labute approximate surface area is 163 Å². The number of aliphatic hydroxyl groups is 2. The number of rotatable bonds is 7. The normalized spacial score (nSPS) is 25.2. The van der Waals surface area contributed by atoms with Crippen LogP contribution in [0.2, 0.25) is 0 Å². The van der Waals surface area contributed by atoms with E-state index in [2.05, 4.69) is 14.9 Å². The number of aliphatic hydroxyl groups excluding tert-OH is 2. The van der Waals surface area contributed by atoms with Gasteiger partial charge in [-0.1, -0.05) is 11.2 Å². The largest absolute Gasteiger partial charge is 0.477 e. The second kappa shape index (κ2) is 7.78. The molecule has 10 heteroatoms. The van der Waals surface area contributed by atoms with Gasteiger partial charge in [-0.25, -0.2) is 18.1 Å². The van der Waals surface area contributed by atoms with Crippen LogP contribution in [0.4, 0.5) is 0 Å². The number of nitrogens with one attached hydrogen (secondary N) is 1. The summed E-state index contributed by atoms with van der Waals surface area (Å²) in [6.07, 6.45) is -1.50. The van der Waals surface area contributed by atoms with Crippen LogP contribution >= 0.6 is 0 Å². The van der Waals surface area contributed by atoms with Crippen molar-refractivity contribution in [2.24, 2.45) is 5.41 Å². The topological polar surface area (TPSA) is 135 Å². The molecule has 2 aromatic heterocycles. The molecule has 1 saturated carbocycles. The van der Waals surface area contributed by atoms with E-state index >= 15 is 0 Å². The summed E-state index contributed by atoms with van der Waals surface area (Å²) in [6, 6.07) is 5.35. The molecular weight excluding hydrogens is 386 g/mol. The standard InChI is InChI=1S/C18H25N3O6S/c1-11-5-4-6-16(20-11)26-10-18(7-14(22)15(23)8-18)9-19-28(24,25)17-12(2)21-27-13(17)3/h4-6,14-15,19,22-23H,7-10H2,1-3H3/t14-,15+,18?. The lowest BCUT2D eigenvalue weighted by molar-refractivity contribution is 0.0438. The second-order valence-electron chi connectivity index (χ2n) is 7.43. The molecule has 3 rings (SSSR count). The Morgan fingerprint density at radius 2 is 1.93 bits per heavy atom. The second-order valence-corrected chi connectivity index (χ2v) is 9.13. The Hall–Kier alpha value is -2.01. The monoisotopic (exact) mass is 411 g/mol. The molecule has 0 bridgehead atoms. The summed E-state index contributed by atoms with van der Waals surface area (Å²) >= 11 is 0. The molecule has 2 aromatic rings. The van der Waals surface area contributed by atoms with Gasteiger partial charge in [0, 0.05) is 23.7 Å². The van der Waals surface area contributed by atoms with Gasteiger partial charge in [-0.15, -0.1) is 0 Å². The lowest BCUT2D eigenvalue weighted by atomic mass is 9.87. The third-order valence-electron chi connectivity index (χ3n) is 4.99. The molecular formula is C18H25N3O6S. The quantitative estimate of drug-likeness (QED) is 0.610. The fourth-order valence-corrected chi connectivity index (χ4v) is 5.04. The molecule has 0 aromatic carbocycles. The zero-order valence-corrected chi connectivity index (χ0v) is 16.9. The van der Waals surface area contributed by atoms with Gasteiger partial charge in [0.15, 0.2) is 5.76 Å². The number of hydrogen-bond acceptors (Lipinski definition) is 8. The summed E-state index contributed by atoms with van der Waals surface area (Å²) in [4.78, 5) is 4.27. The third kappa shape index (κ3) is 4.35. The van der Waals surface area contributed by atoms with Crippen molar-refractivity contribution < 1.29 is 27.9 Å². The van der Waals surface area contributed by atoms with Gasteiger partial charge in [0.25, 0.3) is 0 Å². The molecule has 1 aliphatic carbocycles. The van der Waals surface area contributed by atoms with Crippen molar-refractivity contribution in [2.45, 2.75) is 50.7 Å². The highest BCUT2D eigenvalue weighted by Crippen LogP contribution is 2.39. The van der Waals surface area contributed by atoms with Crippen molar-refractivity contribution in [1.82, 2.24) is 14.9 Å². The van der Waals surface area contributed by atoms with E-state index in [0.717, 1.165) is 5.69 Å². The van der Waals surface area contributed by atoms with Crippen molar-refractivity contribution >= 4 is 10.0 Å². The summed E-state index contributed by atoms with van der Waals surface area (Å²) < 4.78 is 38.7. The number of ether oxygens (including phenoxy) is 1. The van der Waals surface area contributed by atoms with Crippen LogP contribution in [0.15, 0.2) is 27.6 Å². The minimum atomic E-state index is -3.87. The van der Waals surface area contributed by atoms with Crippen molar-refractivity contribution in [3.8, 4) is 5.88 Å². The smallest absolute Gasteiger partial charge is 0.245 e. The molecule has 3 N–H and O–H groups in total. The molecule has 9 nitrogen and oxygen atoms in total. The number of aryl methyl sites for hydroxylation is 3. The number of hydrogen-bond donors (Lipinski definition) is 3. The summed E-state index contributed by atoms with van der Waals surface area (Å²) in [6.45, 7) is 5.00. The Morgan fingerprint density at radius 1 is 1.25 bits per heavy atom. The van der Waals surface area contributed by atoms with E-state index in [4.69, 9.17) is 9.26 Å². The summed E-state index contributed by atoms with van der Waals surface area (Å²) in [5.41, 5.74) is 0.277. The highest BCUT2D eigenvalue weighted by atomic mass is 32.2. The molecule has 154 valence electrons. The van der Waals surface area contributed by atoms with Crippen LogP contribution in [-0.2, 0) is 10.0 Å². The lowest BCUT2D eigenvalue weighted by Crippen LogP contribution is -2.40. The molecule has 0 amide bonds.